The van der Waals surface area contributed by atoms with Gasteiger partial charge in [-0.2, -0.15) is 0 Å². The van der Waals surface area contributed by atoms with Gasteiger partial charge in [-0.15, -0.1) is 0 Å². The molecule has 2 unspecified atom stereocenters. The molecule has 1 saturated heterocycles. The molecule has 1 aliphatic heterocycles. The molecule has 3 fully saturated rings. The van der Waals surface area contributed by atoms with Crippen LogP contribution >= 0.6 is 0 Å². The first kappa shape index (κ1) is 13.4. The number of rotatable bonds is 3. The molecular weight excluding hydrogens is 236 g/mol. The topological polar surface area (TPSA) is 32.3 Å². The number of fused-ring (bicyclic) bond motifs is 2. The summed E-state index contributed by atoms with van der Waals surface area (Å²) in [4.78, 5) is 14.8. The summed E-state index contributed by atoms with van der Waals surface area (Å²) in [5.41, 5.74) is 0.492. The van der Waals surface area contributed by atoms with Crippen LogP contribution in [0.25, 0.3) is 0 Å². The maximum absolute atomic E-state index is 12.6. The van der Waals surface area contributed by atoms with E-state index in [4.69, 9.17) is 0 Å². The zero-order valence-corrected chi connectivity index (χ0v) is 12.5. The van der Waals surface area contributed by atoms with Gasteiger partial charge in [0, 0.05) is 13.1 Å². The number of carbonyl (C=O) groups excluding carboxylic acids is 1. The lowest BCUT2D eigenvalue weighted by Crippen LogP contribution is -2.47. The molecule has 3 nitrogen and oxygen atoms in total. The molecule has 3 heteroatoms. The van der Waals surface area contributed by atoms with Gasteiger partial charge < -0.3 is 10.2 Å². The van der Waals surface area contributed by atoms with Gasteiger partial charge in [-0.25, -0.2) is 0 Å². The van der Waals surface area contributed by atoms with Crippen molar-refractivity contribution in [3.63, 3.8) is 0 Å². The highest BCUT2D eigenvalue weighted by Crippen LogP contribution is 2.54. The predicted octanol–water partition coefficient (Wildman–Crippen LogP) is 2.41. The second kappa shape index (κ2) is 5.08. The molecule has 108 valence electrons. The van der Waals surface area contributed by atoms with E-state index in [-0.39, 0.29) is 6.04 Å². The van der Waals surface area contributed by atoms with Crippen molar-refractivity contribution in [2.45, 2.75) is 57.9 Å². The van der Waals surface area contributed by atoms with Crippen LogP contribution in [-0.4, -0.2) is 37.0 Å². The van der Waals surface area contributed by atoms with E-state index < -0.39 is 0 Å². The molecule has 2 bridgehead atoms. The first-order chi connectivity index (χ1) is 9.12. The molecule has 3 aliphatic rings. The van der Waals surface area contributed by atoms with E-state index in [9.17, 15) is 4.79 Å². The van der Waals surface area contributed by atoms with Crippen LogP contribution < -0.4 is 5.32 Å². The fraction of sp³-hybridized carbons (Fsp3) is 0.938. The Kier molecular flexibility index (Phi) is 3.59. The number of nitrogens with zero attached hydrogens (tertiary/aromatic N) is 1. The maximum Gasteiger partial charge on any atom is 0.239 e. The Hall–Kier alpha value is -0.570. The van der Waals surface area contributed by atoms with Crippen molar-refractivity contribution in [1.29, 1.82) is 0 Å². The average Bonchev–Trinajstić information content (AvgIpc) is 2.96. The number of likely N-dealkylation sites (tertiary alicyclic amines) is 1. The second-order valence-corrected chi connectivity index (χ2v) is 7.38. The molecule has 0 spiro atoms. The normalized spacial score (nSPS) is 42.7. The van der Waals surface area contributed by atoms with Crippen molar-refractivity contribution in [3.8, 4) is 0 Å². The SMILES string of the molecule is CNC1CC(C)CCN(CC23CCC(CC2)C3)C1=O. The maximum atomic E-state index is 12.6. The summed E-state index contributed by atoms with van der Waals surface area (Å²) in [7, 11) is 1.93. The Morgan fingerprint density at radius 2 is 2.05 bits per heavy atom. The minimum atomic E-state index is 0.0486. The zero-order valence-electron chi connectivity index (χ0n) is 12.5. The molecule has 1 heterocycles. The lowest BCUT2D eigenvalue weighted by Gasteiger charge is -2.34. The minimum absolute atomic E-state index is 0.0486. The van der Waals surface area contributed by atoms with Gasteiger partial charge in [0.1, 0.15) is 0 Å². The van der Waals surface area contributed by atoms with E-state index >= 15 is 0 Å². The van der Waals surface area contributed by atoms with E-state index in [1.165, 1.54) is 38.5 Å². The molecular formula is C16H28N2O. The predicted molar refractivity (Wildman–Crippen MR) is 76.8 cm³/mol. The summed E-state index contributed by atoms with van der Waals surface area (Å²) < 4.78 is 0. The van der Waals surface area contributed by atoms with E-state index in [0.717, 1.165) is 25.4 Å². The van der Waals surface area contributed by atoms with Crippen LogP contribution in [0.5, 0.6) is 0 Å². The molecule has 2 aliphatic carbocycles. The van der Waals surface area contributed by atoms with Crippen LogP contribution in [0.15, 0.2) is 0 Å². The first-order valence-corrected chi connectivity index (χ1v) is 8.08. The zero-order chi connectivity index (χ0) is 13.5. The molecule has 0 aromatic carbocycles. The summed E-state index contributed by atoms with van der Waals surface area (Å²) in [5.74, 6) is 1.99. The highest BCUT2D eigenvalue weighted by atomic mass is 16.2. The van der Waals surface area contributed by atoms with E-state index in [2.05, 4.69) is 17.1 Å². The second-order valence-electron chi connectivity index (χ2n) is 7.38. The molecule has 19 heavy (non-hydrogen) atoms. The van der Waals surface area contributed by atoms with E-state index in [1.807, 2.05) is 7.05 Å². The number of amides is 1. The van der Waals surface area contributed by atoms with Gasteiger partial charge in [-0.1, -0.05) is 6.92 Å². The Morgan fingerprint density at radius 1 is 1.32 bits per heavy atom. The first-order valence-electron chi connectivity index (χ1n) is 8.08. The van der Waals surface area contributed by atoms with Gasteiger partial charge in [0.15, 0.2) is 0 Å². The summed E-state index contributed by atoms with van der Waals surface area (Å²) in [6.07, 6.45) is 9.10. The standard InChI is InChI=1S/C16H28N2O/c1-12-5-8-18(15(19)14(9-12)17-2)11-16-6-3-13(10-16)4-7-16/h12-14,17H,3-11H2,1-2H3. The lowest BCUT2D eigenvalue weighted by molar-refractivity contribution is -0.134. The van der Waals surface area contributed by atoms with Crippen LogP contribution in [-0.2, 0) is 4.79 Å². The quantitative estimate of drug-likeness (QED) is 0.849. The fourth-order valence-electron chi connectivity index (χ4n) is 4.66. The Labute approximate surface area is 117 Å². The van der Waals surface area contributed by atoms with Crippen molar-refractivity contribution in [2.75, 3.05) is 20.1 Å². The Bertz CT molecular complexity index is 347. The summed E-state index contributed by atoms with van der Waals surface area (Å²) in [6.45, 7) is 4.29. The number of carbonyl (C=O) groups is 1. The third kappa shape index (κ3) is 2.54. The molecule has 1 N–H and O–H groups in total. The smallest absolute Gasteiger partial charge is 0.239 e. The summed E-state index contributed by atoms with van der Waals surface area (Å²) >= 11 is 0. The van der Waals surface area contributed by atoms with Gasteiger partial charge in [0.05, 0.1) is 6.04 Å². The number of hydrogen-bond acceptors (Lipinski definition) is 2. The fourth-order valence-corrected chi connectivity index (χ4v) is 4.66. The Morgan fingerprint density at radius 3 is 2.63 bits per heavy atom. The van der Waals surface area contributed by atoms with Gasteiger partial charge in [0.25, 0.3) is 0 Å². The molecule has 0 aromatic heterocycles. The van der Waals surface area contributed by atoms with Gasteiger partial charge in [-0.05, 0) is 69.2 Å². The van der Waals surface area contributed by atoms with Crippen LogP contribution in [0.4, 0.5) is 0 Å². The molecule has 0 radical (unpaired) electrons. The van der Waals surface area contributed by atoms with Gasteiger partial charge in [0.2, 0.25) is 5.91 Å². The van der Waals surface area contributed by atoms with E-state index in [1.54, 1.807) is 0 Å². The van der Waals surface area contributed by atoms with Crippen LogP contribution in [0.2, 0.25) is 0 Å². The van der Waals surface area contributed by atoms with Gasteiger partial charge >= 0.3 is 0 Å². The molecule has 2 saturated carbocycles. The van der Waals surface area contributed by atoms with Crippen molar-refractivity contribution in [1.82, 2.24) is 10.2 Å². The van der Waals surface area contributed by atoms with Crippen molar-refractivity contribution < 1.29 is 4.79 Å². The van der Waals surface area contributed by atoms with Crippen molar-refractivity contribution in [2.24, 2.45) is 17.3 Å². The largest absolute Gasteiger partial charge is 0.341 e. The summed E-state index contributed by atoms with van der Waals surface area (Å²) in [5, 5.41) is 3.23. The average molecular weight is 264 g/mol. The van der Waals surface area contributed by atoms with Crippen molar-refractivity contribution >= 4 is 5.91 Å². The summed E-state index contributed by atoms with van der Waals surface area (Å²) in [6, 6.07) is 0.0486. The van der Waals surface area contributed by atoms with Crippen LogP contribution in [0.3, 0.4) is 0 Å². The third-order valence-corrected chi connectivity index (χ3v) is 5.90. The highest BCUT2D eigenvalue weighted by molar-refractivity contribution is 5.82. The monoisotopic (exact) mass is 264 g/mol. The van der Waals surface area contributed by atoms with E-state index in [0.29, 0.717) is 17.2 Å². The number of hydrogen-bond donors (Lipinski definition) is 1. The number of likely N-dealkylation sites (N-methyl/N-ethyl adjacent to an activating group) is 1. The van der Waals surface area contributed by atoms with Crippen molar-refractivity contribution in [3.05, 3.63) is 0 Å². The van der Waals surface area contributed by atoms with Crippen LogP contribution in [0.1, 0.15) is 51.9 Å². The number of nitrogens with one attached hydrogen (secondary N) is 1. The van der Waals surface area contributed by atoms with Crippen LogP contribution in [0, 0.1) is 17.3 Å². The molecule has 0 aromatic rings. The lowest BCUT2D eigenvalue weighted by atomic mass is 9.83. The highest BCUT2D eigenvalue weighted by Gasteiger charge is 2.46. The minimum Gasteiger partial charge on any atom is -0.341 e. The third-order valence-electron chi connectivity index (χ3n) is 5.90. The molecule has 2 atom stereocenters. The van der Waals surface area contributed by atoms with Gasteiger partial charge in [-0.3, -0.25) is 4.79 Å². The molecule has 1 amide bonds. The molecule has 3 rings (SSSR count). The Balaban J connectivity index is 1.70.